The van der Waals surface area contributed by atoms with Gasteiger partial charge in [-0.3, -0.25) is 9.78 Å². The lowest BCUT2D eigenvalue weighted by molar-refractivity contribution is 0.0950. The molecule has 0 fully saturated rings. The van der Waals surface area contributed by atoms with Crippen molar-refractivity contribution in [3.63, 3.8) is 0 Å². The smallest absolute Gasteiger partial charge is 0.251 e. The summed E-state index contributed by atoms with van der Waals surface area (Å²) in [4.78, 5) is 16.4. The van der Waals surface area contributed by atoms with Crippen LogP contribution in [-0.4, -0.2) is 15.9 Å². The molecule has 1 aromatic heterocycles. The molecule has 96 valence electrons. The van der Waals surface area contributed by atoms with Crippen LogP contribution < -0.4 is 11.1 Å². The van der Waals surface area contributed by atoms with Gasteiger partial charge in [0, 0.05) is 17.3 Å². The van der Waals surface area contributed by atoms with Crippen molar-refractivity contribution in [1.29, 1.82) is 0 Å². The Morgan fingerprint density at radius 2 is 2.00 bits per heavy atom. The second kappa shape index (κ2) is 6.06. The number of aromatic nitrogens is 1. The zero-order valence-electron chi connectivity index (χ0n) is 10.2. The van der Waals surface area contributed by atoms with E-state index in [0.29, 0.717) is 17.7 Å². The Morgan fingerprint density at radius 3 is 2.68 bits per heavy atom. The lowest BCUT2D eigenvalue weighted by Crippen LogP contribution is -2.23. The SMILES string of the molecule is NC(=S)c1cccc(C(=O)NCc2ccccn2)c1. The van der Waals surface area contributed by atoms with E-state index in [4.69, 9.17) is 18.0 Å². The number of hydrogen-bond acceptors (Lipinski definition) is 3. The normalized spacial score (nSPS) is 9.89. The van der Waals surface area contributed by atoms with E-state index >= 15 is 0 Å². The summed E-state index contributed by atoms with van der Waals surface area (Å²) in [5.41, 5.74) is 7.55. The van der Waals surface area contributed by atoms with Gasteiger partial charge in [0.15, 0.2) is 0 Å². The monoisotopic (exact) mass is 271 g/mol. The Kier molecular flexibility index (Phi) is 4.20. The zero-order chi connectivity index (χ0) is 13.7. The van der Waals surface area contributed by atoms with Crippen LogP contribution in [0.15, 0.2) is 48.7 Å². The predicted octanol–water partition coefficient (Wildman–Crippen LogP) is 1.65. The minimum Gasteiger partial charge on any atom is -0.389 e. The van der Waals surface area contributed by atoms with Crippen LogP contribution >= 0.6 is 12.2 Å². The average Bonchev–Trinajstić information content (AvgIpc) is 2.46. The highest BCUT2D eigenvalue weighted by Crippen LogP contribution is 2.05. The van der Waals surface area contributed by atoms with Crippen molar-refractivity contribution in [2.75, 3.05) is 0 Å². The van der Waals surface area contributed by atoms with Crippen molar-refractivity contribution in [3.05, 3.63) is 65.5 Å². The summed E-state index contributed by atoms with van der Waals surface area (Å²) < 4.78 is 0. The van der Waals surface area contributed by atoms with E-state index < -0.39 is 0 Å². The maximum absolute atomic E-state index is 12.0. The van der Waals surface area contributed by atoms with Crippen molar-refractivity contribution in [3.8, 4) is 0 Å². The summed E-state index contributed by atoms with van der Waals surface area (Å²) in [6.07, 6.45) is 1.69. The standard InChI is InChI=1S/C14H13N3OS/c15-13(19)10-4-3-5-11(8-10)14(18)17-9-12-6-1-2-7-16-12/h1-8H,9H2,(H2,15,19)(H,17,18). The maximum atomic E-state index is 12.0. The van der Waals surface area contributed by atoms with Crippen molar-refractivity contribution in [2.24, 2.45) is 5.73 Å². The molecule has 0 radical (unpaired) electrons. The van der Waals surface area contributed by atoms with Crippen molar-refractivity contribution < 1.29 is 4.79 Å². The topological polar surface area (TPSA) is 68.0 Å². The lowest BCUT2D eigenvalue weighted by Gasteiger charge is -2.06. The van der Waals surface area contributed by atoms with Gasteiger partial charge in [-0.25, -0.2) is 0 Å². The fraction of sp³-hybridized carbons (Fsp3) is 0.0714. The van der Waals surface area contributed by atoms with E-state index in [-0.39, 0.29) is 10.9 Å². The van der Waals surface area contributed by atoms with Gasteiger partial charge < -0.3 is 11.1 Å². The summed E-state index contributed by atoms with van der Waals surface area (Å²) in [5.74, 6) is -0.177. The maximum Gasteiger partial charge on any atom is 0.251 e. The Bertz CT molecular complexity index is 599. The third-order valence-corrected chi connectivity index (χ3v) is 2.80. The van der Waals surface area contributed by atoms with Gasteiger partial charge in [-0.2, -0.15) is 0 Å². The van der Waals surface area contributed by atoms with Crippen molar-refractivity contribution in [1.82, 2.24) is 10.3 Å². The van der Waals surface area contributed by atoms with Gasteiger partial charge in [-0.1, -0.05) is 30.4 Å². The second-order valence-electron chi connectivity index (χ2n) is 3.95. The lowest BCUT2D eigenvalue weighted by atomic mass is 10.1. The molecule has 0 aliphatic rings. The molecule has 0 aliphatic carbocycles. The molecule has 3 N–H and O–H groups in total. The molecule has 0 spiro atoms. The third kappa shape index (κ3) is 3.59. The third-order valence-electron chi connectivity index (χ3n) is 2.57. The van der Waals surface area contributed by atoms with E-state index in [2.05, 4.69) is 10.3 Å². The summed E-state index contributed by atoms with van der Waals surface area (Å²) in [6.45, 7) is 0.386. The summed E-state index contributed by atoms with van der Waals surface area (Å²) in [5, 5.41) is 2.80. The second-order valence-corrected chi connectivity index (χ2v) is 4.39. The number of amides is 1. The molecule has 1 aromatic carbocycles. The molecular formula is C14H13N3OS. The number of hydrogen-bond donors (Lipinski definition) is 2. The van der Waals surface area contributed by atoms with Crippen LogP contribution in [0, 0.1) is 0 Å². The number of carbonyl (C=O) groups is 1. The van der Waals surface area contributed by atoms with Crippen LogP contribution in [0.5, 0.6) is 0 Å². The van der Waals surface area contributed by atoms with E-state index in [1.54, 1.807) is 30.5 Å². The fourth-order valence-electron chi connectivity index (χ4n) is 1.59. The summed E-state index contributed by atoms with van der Waals surface area (Å²) in [6, 6.07) is 12.5. The number of nitrogens with two attached hydrogens (primary N) is 1. The number of benzene rings is 1. The largest absolute Gasteiger partial charge is 0.389 e. The predicted molar refractivity (Wildman–Crippen MR) is 77.7 cm³/mol. The number of nitrogens with zero attached hydrogens (tertiary/aromatic N) is 1. The van der Waals surface area contributed by atoms with Gasteiger partial charge in [0.05, 0.1) is 12.2 Å². The van der Waals surface area contributed by atoms with Gasteiger partial charge in [0.1, 0.15) is 4.99 Å². The van der Waals surface area contributed by atoms with Gasteiger partial charge in [-0.05, 0) is 24.3 Å². The van der Waals surface area contributed by atoms with Crippen LogP contribution in [0.4, 0.5) is 0 Å². The van der Waals surface area contributed by atoms with E-state index in [1.807, 2.05) is 18.2 Å². The van der Waals surface area contributed by atoms with E-state index in [0.717, 1.165) is 5.69 Å². The molecule has 19 heavy (non-hydrogen) atoms. The minimum absolute atomic E-state index is 0.177. The summed E-state index contributed by atoms with van der Waals surface area (Å²) >= 11 is 4.89. The highest BCUT2D eigenvalue weighted by molar-refractivity contribution is 7.80. The Hall–Kier alpha value is -2.27. The first-order valence-corrected chi connectivity index (χ1v) is 6.15. The first-order chi connectivity index (χ1) is 9.16. The minimum atomic E-state index is -0.177. The molecule has 0 unspecified atom stereocenters. The average molecular weight is 271 g/mol. The molecule has 4 nitrogen and oxygen atoms in total. The van der Waals surface area contributed by atoms with Gasteiger partial charge in [0.25, 0.3) is 5.91 Å². The van der Waals surface area contributed by atoms with E-state index in [9.17, 15) is 4.79 Å². The first-order valence-electron chi connectivity index (χ1n) is 5.75. The Balaban J connectivity index is 2.04. The highest BCUT2D eigenvalue weighted by atomic mass is 32.1. The molecule has 0 bridgehead atoms. The van der Waals surface area contributed by atoms with Crippen molar-refractivity contribution in [2.45, 2.75) is 6.54 Å². The highest BCUT2D eigenvalue weighted by Gasteiger charge is 2.07. The number of carbonyl (C=O) groups excluding carboxylic acids is 1. The van der Waals surface area contributed by atoms with Crippen LogP contribution in [-0.2, 0) is 6.54 Å². The molecule has 0 atom stereocenters. The zero-order valence-corrected chi connectivity index (χ0v) is 11.0. The first kappa shape index (κ1) is 13.2. The Morgan fingerprint density at radius 1 is 1.21 bits per heavy atom. The van der Waals surface area contributed by atoms with E-state index in [1.165, 1.54) is 0 Å². The number of rotatable bonds is 4. The van der Waals surface area contributed by atoms with Gasteiger partial charge in [0.2, 0.25) is 0 Å². The molecule has 0 saturated carbocycles. The van der Waals surface area contributed by atoms with Crippen LogP contribution in [0.2, 0.25) is 0 Å². The molecule has 5 heteroatoms. The molecule has 0 saturated heterocycles. The summed E-state index contributed by atoms with van der Waals surface area (Å²) in [7, 11) is 0. The molecular weight excluding hydrogens is 258 g/mol. The molecule has 2 rings (SSSR count). The molecule has 1 heterocycles. The molecule has 1 amide bonds. The fourth-order valence-corrected chi connectivity index (χ4v) is 1.72. The quantitative estimate of drug-likeness (QED) is 0.830. The number of pyridine rings is 1. The Labute approximate surface area is 116 Å². The molecule has 0 aliphatic heterocycles. The van der Waals surface area contributed by atoms with Crippen molar-refractivity contribution >= 4 is 23.1 Å². The van der Waals surface area contributed by atoms with Crippen LogP contribution in [0.1, 0.15) is 21.6 Å². The van der Waals surface area contributed by atoms with Crippen LogP contribution in [0.3, 0.4) is 0 Å². The molecule has 2 aromatic rings. The van der Waals surface area contributed by atoms with Crippen LogP contribution in [0.25, 0.3) is 0 Å². The number of nitrogens with one attached hydrogen (secondary N) is 1. The number of thiocarbonyl (C=S) groups is 1. The van der Waals surface area contributed by atoms with Gasteiger partial charge >= 0.3 is 0 Å². The van der Waals surface area contributed by atoms with Gasteiger partial charge in [-0.15, -0.1) is 0 Å².